The Kier molecular flexibility index (Phi) is 6.52. The monoisotopic (exact) mass is 499 g/mol. The van der Waals surface area contributed by atoms with Crippen LogP contribution in [0.2, 0.25) is 0 Å². The first-order valence-electron chi connectivity index (χ1n) is 12.7. The van der Waals surface area contributed by atoms with Gasteiger partial charge in [0.25, 0.3) is 0 Å². The van der Waals surface area contributed by atoms with Crippen molar-refractivity contribution >= 4 is 27.6 Å². The zero-order valence-electron chi connectivity index (χ0n) is 20.8. The average molecular weight is 500 g/mol. The molecule has 0 atom stereocenters. The highest BCUT2D eigenvalue weighted by Gasteiger charge is 2.33. The molecule has 0 saturated carbocycles. The molecule has 2 aliphatic carbocycles. The van der Waals surface area contributed by atoms with E-state index in [1.54, 1.807) is 17.1 Å². The van der Waals surface area contributed by atoms with Crippen molar-refractivity contribution in [2.24, 2.45) is 4.40 Å². The molecule has 0 spiro atoms. The van der Waals surface area contributed by atoms with Gasteiger partial charge in [0.05, 0.1) is 17.9 Å². The van der Waals surface area contributed by atoms with Crippen molar-refractivity contribution in [3.63, 3.8) is 0 Å². The van der Waals surface area contributed by atoms with E-state index in [1.165, 1.54) is 15.4 Å². The molecule has 0 amide bonds. The average Bonchev–Trinajstić information content (AvgIpc) is 3.55. The van der Waals surface area contributed by atoms with E-state index in [2.05, 4.69) is 25.8 Å². The first-order chi connectivity index (χ1) is 16.7. The van der Waals surface area contributed by atoms with Crippen LogP contribution in [0.5, 0.6) is 0 Å². The van der Waals surface area contributed by atoms with Crippen molar-refractivity contribution in [2.45, 2.75) is 77.3 Å². The highest BCUT2D eigenvalue weighted by atomic mass is 32.2. The van der Waals surface area contributed by atoms with Crippen molar-refractivity contribution in [3.8, 4) is 0 Å². The number of aromatic nitrogens is 2. The van der Waals surface area contributed by atoms with Gasteiger partial charge >= 0.3 is 10.2 Å². The quantitative estimate of drug-likeness (QED) is 0.483. The Morgan fingerprint density at radius 1 is 1.14 bits per heavy atom. The molecule has 2 heterocycles. The lowest BCUT2D eigenvalue weighted by Crippen LogP contribution is -2.47. The second-order valence-electron chi connectivity index (χ2n) is 10.3. The number of hydrogen-bond donors (Lipinski definition) is 1. The molecular formula is C25H35N6O3S-. The van der Waals surface area contributed by atoms with Gasteiger partial charge in [0.1, 0.15) is 0 Å². The van der Waals surface area contributed by atoms with Crippen molar-refractivity contribution in [2.75, 3.05) is 29.8 Å². The van der Waals surface area contributed by atoms with Crippen molar-refractivity contribution in [1.82, 2.24) is 14.7 Å². The summed E-state index contributed by atoms with van der Waals surface area (Å²) in [4.78, 5) is 2.18. The summed E-state index contributed by atoms with van der Waals surface area (Å²) >= 11 is 0. The number of nitrogens with zero attached hydrogens (tertiary/aromatic N) is 5. The zero-order chi connectivity index (χ0) is 24.7. The van der Waals surface area contributed by atoms with Crippen LogP contribution >= 0.6 is 0 Å². The lowest BCUT2D eigenvalue weighted by Gasteiger charge is -2.36. The molecule has 35 heavy (non-hydrogen) atoms. The van der Waals surface area contributed by atoms with E-state index < -0.39 is 16.2 Å². The zero-order valence-corrected chi connectivity index (χ0v) is 21.6. The number of benzene rings is 1. The van der Waals surface area contributed by atoms with Gasteiger partial charge in [-0.1, -0.05) is 6.07 Å². The summed E-state index contributed by atoms with van der Waals surface area (Å²) in [6.07, 6.45) is 10.5. The molecule has 3 aliphatic rings. The highest BCUT2D eigenvalue weighted by molar-refractivity contribution is 7.91. The summed E-state index contributed by atoms with van der Waals surface area (Å²) in [6.45, 7) is 5.53. The van der Waals surface area contributed by atoms with E-state index in [0.29, 0.717) is 18.5 Å². The highest BCUT2D eigenvalue weighted by Crippen LogP contribution is 2.38. The van der Waals surface area contributed by atoms with E-state index in [9.17, 15) is 13.5 Å². The number of fused-ring (bicyclic) bond motifs is 2. The molecule has 1 fully saturated rings. The molecule has 1 aromatic carbocycles. The Morgan fingerprint density at radius 3 is 2.34 bits per heavy atom. The number of piperidine rings is 1. The topological polar surface area (TPSA) is 106 Å². The SMILES string of the molecule is CC(C)n1cc(N(C2CCN(C)CC2)S(=O)(=O)/N=C(\[O-])Nc2c3c(cc4c2CCC4)CCC3)cn1. The Hall–Kier alpha value is -2.59. The minimum absolute atomic E-state index is 0.0910. The molecule has 1 aromatic heterocycles. The van der Waals surface area contributed by atoms with Crippen LogP contribution in [-0.4, -0.2) is 55.3 Å². The van der Waals surface area contributed by atoms with Gasteiger partial charge in [-0.3, -0.25) is 4.68 Å². The molecule has 0 unspecified atom stereocenters. The summed E-state index contributed by atoms with van der Waals surface area (Å²) in [5, 5.41) is 20.3. The molecule has 2 aromatic rings. The normalized spacial score (nSPS) is 19.3. The third-order valence-electron chi connectivity index (χ3n) is 7.54. The van der Waals surface area contributed by atoms with Crippen LogP contribution in [0.1, 0.15) is 67.8 Å². The van der Waals surface area contributed by atoms with Crippen LogP contribution in [0.15, 0.2) is 22.9 Å². The lowest BCUT2D eigenvalue weighted by atomic mass is 9.99. The van der Waals surface area contributed by atoms with E-state index in [1.807, 2.05) is 20.9 Å². The first-order valence-corrected chi connectivity index (χ1v) is 14.1. The van der Waals surface area contributed by atoms with E-state index in [0.717, 1.165) is 68.4 Å². The predicted octanol–water partition coefficient (Wildman–Crippen LogP) is 2.42. The smallest absolute Gasteiger partial charge is 0.345 e. The maximum atomic E-state index is 13.6. The molecule has 5 rings (SSSR count). The predicted molar refractivity (Wildman–Crippen MR) is 136 cm³/mol. The Balaban J connectivity index is 1.48. The number of anilines is 2. The van der Waals surface area contributed by atoms with Crippen LogP contribution in [0.3, 0.4) is 0 Å². The molecule has 0 bridgehead atoms. The van der Waals surface area contributed by atoms with E-state index in [-0.39, 0.29) is 12.1 Å². The fourth-order valence-corrected chi connectivity index (χ4v) is 7.02. The maximum Gasteiger partial charge on any atom is 0.345 e. The third kappa shape index (κ3) is 4.78. The fraction of sp³-hybridized carbons (Fsp3) is 0.600. The van der Waals surface area contributed by atoms with E-state index in [4.69, 9.17) is 0 Å². The molecule has 1 saturated heterocycles. The number of amidine groups is 1. The molecule has 0 radical (unpaired) electrons. The minimum Gasteiger partial charge on any atom is -0.845 e. The summed E-state index contributed by atoms with van der Waals surface area (Å²) in [5.41, 5.74) is 6.10. The minimum atomic E-state index is -4.28. The number of rotatable bonds is 6. The number of hydrogen-bond acceptors (Lipinski definition) is 5. The maximum absolute atomic E-state index is 13.6. The van der Waals surface area contributed by atoms with Gasteiger partial charge < -0.3 is 15.3 Å². The number of aryl methyl sites for hydroxylation is 2. The van der Waals surface area contributed by atoms with Gasteiger partial charge in [-0.05, 0) is 108 Å². The van der Waals surface area contributed by atoms with Gasteiger partial charge in [0, 0.05) is 24.0 Å². The molecular weight excluding hydrogens is 464 g/mol. The first kappa shape index (κ1) is 24.1. The fourth-order valence-electron chi connectivity index (χ4n) is 5.73. The van der Waals surface area contributed by atoms with Crippen LogP contribution in [0.25, 0.3) is 0 Å². The van der Waals surface area contributed by atoms with Crippen LogP contribution in [0, 0.1) is 0 Å². The molecule has 9 nitrogen and oxygen atoms in total. The summed E-state index contributed by atoms with van der Waals surface area (Å²) < 4.78 is 34.0. The van der Waals surface area contributed by atoms with Gasteiger partial charge in [0.2, 0.25) is 0 Å². The van der Waals surface area contributed by atoms with Gasteiger partial charge in [-0.15, -0.1) is 4.40 Å². The van der Waals surface area contributed by atoms with Crippen LogP contribution in [0.4, 0.5) is 11.4 Å². The lowest BCUT2D eigenvalue weighted by molar-refractivity contribution is -0.213. The summed E-state index contributed by atoms with van der Waals surface area (Å²) in [7, 11) is -2.25. The second kappa shape index (κ2) is 9.46. The van der Waals surface area contributed by atoms with Gasteiger partial charge in [-0.25, -0.2) is 4.31 Å². The largest absolute Gasteiger partial charge is 0.845 e. The summed E-state index contributed by atoms with van der Waals surface area (Å²) in [5.74, 6) is 0. The van der Waals surface area contributed by atoms with Gasteiger partial charge in [-0.2, -0.15) is 13.5 Å². The van der Waals surface area contributed by atoms with Crippen LogP contribution in [-0.2, 0) is 35.9 Å². The number of nitrogens with one attached hydrogen (secondary N) is 1. The third-order valence-corrected chi connectivity index (χ3v) is 8.95. The van der Waals surface area contributed by atoms with Crippen molar-refractivity contribution in [3.05, 3.63) is 40.7 Å². The Morgan fingerprint density at radius 2 is 1.77 bits per heavy atom. The van der Waals surface area contributed by atoms with Crippen LogP contribution < -0.4 is 14.7 Å². The second-order valence-corrected chi connectivity index (χ2v) is 11.8. The van der Waals surface area contributed by atoms with Gasteiger partial charge in [0.15, 0.2) is 0 Å². The van der Waals surface area contributed by atoms with Crippen molar-refractivity contribution < 1.29 is 13.5 Å². The molecule has 190 valence electrons. The Bertz CT molecular complexity index is 1200. The molecule has 10 heteroatoms. The molecule has 1 aliphatic heterocycles. The summed E-state index contributed by atoms with van der Waals surface area (Å²) in [6, 6.07) is 1.27. The Labute approximate surface area is 208 Å². The van der Waals surface area contributed by atoms with E-state index >= 15 is 0 Å². The number of likely N-dealkylation sites (tertiary alicyclic amines) is 1. The standard InChI is InChI=1S/C25H36N6O3S/c1-17(2)30-16-21(15-26-30)31(20-10-12-29(3)13-11-20)35(33,34)28-25(32)27-24-22-8-4-6-18(22)14-19-7-5-9-23(19)24/h14-17,20H,4-13H2,1-3H3,(H2,27,28,32)/p-1. The molecule has 1 N–H and O–H groups in total. The van der Waals surface area contributed by atoms with Crippen molar-refractivity contribution in [1.29, 1.82) is 0 Å².